The van der Waals surface area contributed by atoms with Gasteiger partial charge in [-0.1, -0.05) is 12.1 Å². The number of hydrogen-bond donors (Lipinski definition) is 1. The fraction of sp³-hybridized carbons (Fsp3) is 0.333. The van der Waals surface area contributed by atoms with Gasteiger partial charge in [-0.3, -0.25) is 9.48 Å². The van der Waals surface area contributed by atoms with Crippen LogP contribution in [0.3, 0.4) is 0 Å². The van der Waals surface area contributed by atoms with Gasteiger partial charge >= 0.3 is 5.97 Å². The number of rotatable bonds is 6. The van der Waals surface area contributed by atoms with Crippen LogP contribution in [-0.4, -0.2) is 22.4 Å². The molecule has 0 unspecified atom stereocenters. The number of para-hydroxylation sites is 2. The van der Waals surface area contributed by atoms with Gasteiger partial charge in [0, 0.05) is 7.05 Å². The molecule has 1 aromatic heterocycles. The lowest BCUT2D eigenvalue weighted by atomic mass is 10.3. The molecule has 0 fully saturated rings. The second-order valence-corrected chi connectivity index (χ2v) is 4.70. The van der Waals surface area contributed by atoms with E-state index < -0.39 is 0 Å². The van der Waals surface area contributed by atoms with Crippen LogP contribution in [0, 0.1) is 6.92 Å². The third kappa shape index (κ3) is 4.24. The Labute approximate surface area is 123 Å². The zero-order chi connectivity index (χ0) is 15.2. The van der Waals surface area contributed by atoms with E-state index in [0.717, 1.165) is 11.4 Å². The van der Waals surface area contributed by atoms with Crippen molar-refractivity contribution in [2.24, 2.45) is 7.05 Å². The second-order valence-electron chi connectivity index (χ2n) is 4.70. The Kier molecular flexibility index (Phi) is 4.81. The van der Waals surface area contributed by atoms with Gasteiger partial charge < -0.3 is 15.2 Å². The molecular weight excluding hydrogens is 270 g/mol. The normalized spacial score (nSPS) is 10.4. The topological polar surface area (TPSA) is 79.4 Å². The number of nitrogen functional groups attached to an aromatic ring is 1. The predicted molar refractivity (Wildman–Crippen MR) is 78.7 cm³/mol. The van der Waals surface area contributed by atoms with Crippen molar-refractivity contribution in [3.05, 3.63) is 41.7 Å². The van der Waals surface area contributed by atoms with Crippen LogP contribution in [0.15, 0.2) is 30.3 Å². The van der Waals surface area contributed by atoms with Crippen molar-refractivity contribution in [3.63, 3.8) is 0 Å². The van der Waals surface area contributed by atoms with Gasteiger partial charge in [-0.05, 0) is 25.1 Å². The van der Waals surface area contributed by atoms with Crippen LogP contribution < -0.4 is 10.5 Å². The smallest absolute Gasteiger partial charge is 0.309 e. The van der Waals surface area contributed by atoms with Crippen molar-refractivity contribution < 1.29 is 14.3 Å². The summed E-state index contributed by atoms with van der Waals surface area (Å²) < 4.78 is 12.3. The molecule has 0 bridgehead atoms. The first-order valence-corrected chi connectivity index (χ1v) is 6.68. The molecule has 0 atom stereocenters. The minimum absolute atomic E-state index is 0.172. The largest absolute Gasteiger partial charge is 0.491 e. The molecule has 112 valence electrons. The van der Waals surface area contributed by atoms with E-state index >= 15 is 0 Å². The summed E-state index contributed by atoms with van der Waals surface area (Å²) >= 11 is 0. The van der Waals surface area contributed by atoms with E-state index in [2.05, 4.69) is 5.10 Å². The van der Waals surface area contributed by atoms with Crippen molar-refractivity contribution in [3.8, 4) is 5.75 Å². The summed E-state index contributed by atoms with van der Waals surface area (Å²) in [6.07, 6.45) is 0.172. The van der Waals surface area contributed by atoms with Gasteiger partial charge in [0.1, 0.15) is 12.4 Å². The van der Waals surface area contributed by atoms with Crippen LogP contribution in [0.25, 0.3) is 0 Å². The number of anilines is 1. The predicted octanol–water partition coefficient (Wildman–Crippen LogP) is 1.82. The summed E-state index contributed by atoms with van der Waals surface area (Å²) in [6, 6.07) is 9.05. The van der Waals surface area contributed by atoms with Crippen LogP contribution >= 0.6 is 0 Å². The lowest BCUT2D eigenvalue weighted by molar-refractivity contribution is -0.145. The molecule has 0 aliphatic carbocycles. The lowest BCUT2D eigenvalue weighted by Gasteiger charge is -2.08. The number of aromatic nitrogens is 2. The molecule has 6 heteroatoms. The van der Waals surface area contributed by atoms with Crippen LogP contribution in [0.5, 0.6) is 5.75 Å². The van der Waals surface area contributed by atoms with E-state index in [0.29, 0.717) is 11.4 Å². The van der Waals surface area contributed by atoms with Crippen LogP contribution in [0.1, 0.15) is 17.8 Å². The maximum atomic E-state index is 11.6. The quantitative estimate of drug-likeness (QED) is 0.648. The van der Waals surface area contributed by atoms with Crippen molar-refractivity contribution in [1.82, 2.24) is 9.78 Å². The summed E-state index contributed by atoms with van der Waals surface area (Å²) in [4.78, 5) is 11.6. The van der Waals surface area contributed by atoms with Gasteiger partial charge in [0.2, 0.25) is 0 Å². The number of aryl methyl sites for hydroxylation is 2. The van der Waals surface area contributed by atoms with E-state index in [9.17, 15) is 4.79 Å². The van der Waals surface area contributed by atoms with E-state index in [1.54, 1.807) is 16.8 Å². The number of ether oxygens (including phenoxy) is 2. The summed E-state index contributed by atoms with van der Waals surface area (Å²) in [5.74, 6) is 0.260. The lowest BCUT2D eigenvalue weighted by Crippen LogP contribution is -2.11. The molecule has 6 nitrogen and oxygen atoms in total. The van der Waals surface area contributed by atoms with E-state index in [4.69, 9.17) is 15.2 Å². The molecule has 2 rings (SSSR count). The molecule has 0 aliphatic heterocycles. The maximum Gasteiger partial charge on any atom is 0.309 e. The molecule has 21 heavy (non-hydrogen) atoms. The number of carbonyl (C=O) groups is 1. The zero-order valence-corrected chi connectivity index (χ0v) is 12.2. The van der Waals surface area contributed by atoms with Gasteiger partial charge in [-0.2, -0.15) is 5.10 Å². The first-order chi connectivity index (χ1) is 10.1. The van der Waals surface area contributed by atoms with Crippen molar-refractivity contribution in [1.29, 1.82) is 0 Å². The minimum atomic E-state index is -0.316. The highest BCUT2D eigenvalue weighted by molar-refractivity contribution is 5.69. The van der Waals surface area contributed by atoms with E-state index in [1.165, 1.54) is 0 Å². The highest BCUT2D eigenvalue weighted by Crippen LogP contribution is 2.19. The van der Waals surface area contributed by atoms with Gasteiger partial charge in [-0.15, -0.1) is 0 Å². The number of esters is 1. The maximum absolute atomic E-state index is 11.6. The fourth-order valence-corrected chi connectivity index (χ4v) is 1.88. The summed E-state index contributed by atoms with van der Waals surface area (Å²) in [6.45, 7) is 2.34. The first-order valence-electron chi connectivity index (χ1n) is 6.68. The molecule has 0 saturated heterocycles. The Morgan fingerprint density at radius 2 is 2.14 bits per heavy atom. The molecule has 0 amide bonds. The molecule has 0 spiro atoms. The number of carbonyl (C=O) groups excluding carboxylic acids is 1. The van der Waals surface area contributed by atoms with Crippen molar-refractivity contribution in [2.45, 2.75) is 20.0 Å². The van der Waals surface area contributed by atoms with Gasteiger partial charge in [-0.25, -0.2) is 0 Å². The number of nitrogens with two attached hydrogens (primary N) is 1. The molecule has 0 saturated carbocycles. The Bertz CT molecular complexity index is 622. The highest BCUT2D eigenvalue weighted by atomic mass is 16.5. The fourth-order valence-electron chi connectivity index (χ4n) is 1.88. The third-order valence-electron chi connectivity index (χ3n) is 2.96. The average molecular weight is 289 g/mol. The SMILES string of the molecule is Cc1cc(COC(=O)CCOc2ccccc2N)n(C)n1. The molecular formula is C15H19N3O3. The minimum Gasteiger partial charge on any atom is -0.491 e. The average Bonchev–Trinajstić information content (AvgIpc) is 2.77. The molecule has 1 heterocycles. The molecule has 0 radical (unpaired) electrons. The standard InChI is InChI=1S/C15H19N3O3/c1-11-9-12(18(2)17-11)10-21-15(19)7-8-20-14-6-4-3-5-13(14)16/h3-6,9H,7-8,10,16H2,1-2H3. The van der Waals surface area contributed by atoms with Crippen LogP contribution in [0.4, 0.5) is 5.69 Å². The van der Waals surface area contributed by atoms with E-state index in [-0.39, 0.29) is 25.6 Å². The summed E-state index contributed by atoms with van der Waals surface area (Å²) in [5, 5.41) is 4.19. The van der Waals surface area contributed by atoms with Crippen molar-refractivity contribution in [2.75, 3.05) is 12.3 Å². The van der Waals surface area contributed by atoms with Crippen molar-refractivity contribution >= 4 is 11.7 Å². The molecule has 2 N–H and O–H groups in total. The summed E-state index contributed by atoms with van der Waals surface area (Å²) in [5.41, 5.74) is 8.04. The zero-order valence-electron chi connectivity index (χ0n) is 12.2. The van der Waals surface area contributed by atoms with Crippen LogP contribution in [-0.2, 0) is 23.2 Å². The van der Waals surface area contributed by atoms with Gasteiger partial charge in [0.05, 0.1) is 30.1 Å². The van der Waals surface area contributed by atoms with Gasteiger partial charge in [0.15, 0.2) is 0 Å². The Morgan fingerprint density at radius 1 is 1.38 bits per heavy atom. The monoisotopic (exact) mass is 289 g/mol. The number of hydrogen-bond acceptors (Lipinski definition) is 5. The van der Waals surface area contributed by atoms with Crippen LogP contribution in [0.2, 0.25) is 0 Å². The Balaban J connectivity index is 1.73. The molecule has 2 aromatic rings. The highest BCUT2D eigenvalue weighted by Gasteiger charge is 2.08. The second kappa shape index (κ2) is 6.78. The summed E-state index contributed by atoms with van der Waals surface area (Å²) in [7, 11) is 1.82. The third-order valence-corrected chi connectivity index (χ3v) is 2.96. The molecule has 0 aliphatic rings. The van der Waals surface area contributed by atoms with E-state index in [1.807, 2.05) is 32.2 Å². The first kappa shape index (κ1) is 14.9. The Morgan fingerprint density at radius 3 is 2.81 bits per heavy atom. The molecule has 1 aromatic carbocycles. The van der Waals surface area contributed by atoms with Gasteiger partial charge in [0.25, 0.3) is 0 Å². The number of nitrogens with zero attached hydrogens (tertiary/aromatic N) is 2. The number of benzene rings is 1. The Hall–Kier alpha value is -2.50.